The Morgan fingerprint density at radius 2 is 2.15 bits per heavy atom. The molecule has 4 rings (SSSR count). The van der Waals surface area contributed by atoms with Crippen molar-refractivity contribution in [2.45, 2.75) is 36.6 Å². The monoisotopic (exact) mass is 386 g/mol. The van der Waals surface area contributed by atoms with Crippen LogP contribution in [0, 0.1) is 6.92 Å². The van der Waals surface area contributed by atoms with Gasteiger partial charge in [0.15, 0.2) is 4.34 Å². The number of hydrogen-bond donors (Lipinski definition) is 0. The van der Waals surface area contributed by atoms with E-state index in [0.717, 1.165) is 53.4 Å². The lowest BCUT2D eigenvalue weighted by atomic mass is 9.99. The van der Waals surface area contributed by atoms with E-state index in [2.05, 4.69) is 39.0 Å². The number of thioether (sulfide) groups is 1. The van der Waals surface area contributed by atoms with Gasteiger partial charge in [-0.25, -0.2) is 4.98 Å². The molecule has 1 saturated heterocycles. The van der Waals surface area contributed by atoms with Crippen LogP contribution in [-0.4, -0.2) is 38.7 Å². The Morgan fingerprint density at radius 1 is 1.27 bits per heavy atom. The molecule has 3 heterocycles. The van der Waals surface area contributed by atoms with Crippen LogP contribution in [0.25, 0.3) is 11.3 Å². The van der Waals surface area contributed by atoms with Crippen molar-refractivity contribution in [3.63, 3.8) is 0 Å². The van der Waals surface area contributed by atoms with Gasteiger partial charge in [0.1, 0.15) is 5.01 Å². The first-order valence-electron chi connectivity index (χ1n) is 8.92. The second-order valence-electron chi connectivity index (χ2n) is 6.39. The molecule has 1 fully saturated rings. The maximum Gasteiger partial charge on any atom is 0.174 e. The Morgan fingerprint density at radius 3 is 2.88 bits per heavy atom. The molecule has 1 unspecified atom stereocenters. The smallest absolute Gasteiger partial charge is 0.174 e. The lowest BCUT2D eigenvalue weighted by Gasteiger charge is -2.15. The first-order chi connectivity index (χ1) is 12.8. The molecular formula is C19H22N4OS2. The van der Waals surface area contributed by atoms with Gasteiger partial charge in [-0.3, -0.25) is 0 Å². The van der Waals surface area contributed by atoms with E-state index >= 15 is 0 Å². The summed E-state index contributed by atoms with van der Waals surface area (Å²) >= 11 is 3.45. The summed E-state index contributed by atoms with van der Waals surface area (Å²) in [6, 6.07) is 10.5. The fourth-order valence-corrected chi connectivity index (χ4v) is 5.11. The zero-order valence-electron chi connectivity index (χ0n) is 14.8. The van der Waals surface area contributed by atoms with Crippen molar-refractivity contribution in [3.8, 4) is 11.3 Å². The minimum atomic E-state index is 0.436. The third-order valence-electron chi connectivity index (χ3n) is 4.52. The third-order valence-corrected chi connectivity index (χ3v) is 6.58. The van der Waals surface area contributed by atoms with Crippen LogP contribution in [0.4, 0.5) is 0 Å². The van der Waals surface area contributed by atoms with Gasteiger partial charge < -0.3 is 9.30 Å². The third kappa shape index (κ3) is 4.00. The van der Waals surface area contributed by atoms with Crippen LogP contribution in [0.1, 0.15) is 29.5 Å². The number of rotatable bonds is 7. The Balaban J connectivity index is 1.47. The predicted molar refractivity (Wildman–Crippen MR) is 106 cm³/mol. The van der Waals surface area contributed by atoms with Crippen molar-refractivity contribution in [1.29, 1.82) is 0 Å². The quantitative estimate of drug-likeness (QED) is 0.445. The van der Waals surface area contributed by atoms with Crippen molar-refractivity contribution < 1.29 is 4.74 Å². The van der Waals surface area contributed by atoms with Gasteiger partial charge in [-0.1, -0.05) is 53.4 Å². The lowest BCUT2D eigenvalue weighted by Crippen LogP contribution is -2.09. The van der Waals surface area contributed by atoms with Crippen LogP contribution in [0.3, 0.4) is 0 Å². The molecule has 26 heavy (non-hydrogen) atoms. The zero-order chi connectivity index (χ0) is 17.8. The number of imidazole rings is 1. The molecule has 5 nitrogen and oxygen atoms in total. The molecule has 136 valence electrons. The largest absolute Gasteiger partial charge is 0.381 e. The standard InChI is InChI=1S/C19H22N4OS2/c1-14-21-22-19(26-14)25-11-5-9-23-13-20-17(15-6-3-2-4-7-15)18(23)16-8-10-24-12-16/h2-4,6-7,13,16H,5,8-12H2,1H3. The van der Waals surface area contributed by atoms with E-state index in [4.69, 9.17) is 9.72 Å². The molecule has 1 aromatic carbocycles. The number of benzene rings is 1. The Bertz CT molecular complexity index is 840. The van der Waals surface area contributed by atoms with Gasteiger partial charge in [0.05, 0.1) is 24.3 Å². The molecule has 1 aliphatic rings. The van der Waals surface area contributed by atoms with E-state index in [0.29, 0.717) is 5.92 Å². The fraction of sp³-hybridized carbons (Fsp3) is 0.421. The highest BCUT2D eigenvalue weighted by Crippen LogP contribution is 2.33. The summed E-state index contributed by atoms with van der Waals surface area (Å²) in [4.78, 5) is 4.75. The van der Waals surface area contributed by atoms with Crippen molar-refractivity contribution in [2.75, 3.05) is 19.0 Å². The van der Waals surface area contributed by atoms with E-state index in [1.54, 1.807) is 23.1 Å². The minimum Gasteiger partial charge on any atom is -0.381 e. The molecule has 0 N–H and O–H groups in total. The van der Waals surface area contributed by atoms with E-state index in [-0.39, 0.29) is 0 Å². The van der Waals surface area contributed by atoms with Crippen LogP contribution in [0.2, 0.25) is 0 Å². The summed E-state index contributed by atoms with van der Waals surface area (Å²) in [7, 11) is 0. The van der Waals surface area contributed by atoms with Gasteiger partial charge in [0.2, 0.25) is 0 Å². The molecule has 1 atom stereocenters. The number of ether oxygens (including phenoxy) is 1. The molecule has 0 aliphatic carbocycles. The van der Waals surface area contributed by atoms with Gasteiger partial charge in [-0.05, 0) is 19.8 Å². The number of aryl methyl sites for hydroxylation is 2. The van der Waals surface area contributed by atoms with E-state index < -0.39 is 0 Å². The lowest BCUT2D eigenvalue weighted by molar-refractivity contribution is 0.193. The normalized spacial score (nSPS) is 17.0. The molecule has 3 aromatic rings. The highest BCUT2D eigenvalue weighted by atomic mass is 32.2. The maximum atomic E-state index is 5.65. The summed E-state index contributed by atoms with van der Waals surface area (Å²) in [6.45, 7) is 4.60. The Kier molecular flexibility index (Phi) is 5.67. The molecule has 0 spiro atoms. The molecule has 0 radical (unpaired) electrons. The number of hydrogen-bond acceptors (Lipinski definition) is 6. The van der Waals surface area contributed by atoms with E-state index in [1.807, 2.05) is 19.3 Å². The van der Waals surface area contributed by atoms with Crippen LogP contribution in [0.5, 0.6) is 0 Å². The Hall–Kier alpha value is -1.70. The average Bonchev–Trinajstić information content (AvgIpc) is 3.40. The van der Waals surface area contributed by atoms with Gasteiger partial charge in [0.25, 0.3) is 0 Å². The summed E-state index contributed by atoms with van der Waals surface area (Å²) in [5.41, 5.74) is 3.62. The molecule has 7 heteroatoms. The van der Waals surface area contributed by atoms with Gasteiger partial charge >= 0.3 is 0 Å². The Labute approximate surface area is 161 Å². The van der Waals surface area contributed by atoms with Crippen molar-refractivity contribution in [1.82, 2.24) is 19.7 Å². The SMILES string of the molecule is Cc1nnc(SCCCn2cnc(-c3ccccc3)c2C2CCOC2)s1. The second kappa shape index (κ2) is 8.33. The first kappa shape index (κ1) is 17.7. The molecule has 0 saturated carbocycles. The second-order valence-corrected chi connectivity index (χ2v) is 8.91. The minimum absolute atomic E-state index is 0.436. The van der Waals surface area contributed by atoms with Crippen molar-refractivity contribution in [2.24, 2.45) is 0 Å². The summed E-state index contributed by atoms with van der Waals surface area (Å²) in [5, 5.41) is 9.28. The number of nitrogens with zero attached hydrogens (tertiary/aromatic N) is 4. The fourth-order valence-electron chi connectivity index (χ4n) is 3.30. The maximum absolute atomic E-state index is 5.65. The van der Waals surface area contributed by atoms with Crippen LogP contribution >= 0.6 is 23.1 Å². The zero-order valence-corrected chi connectivity index (χ0v) is 16.4. The van der Waals surface area contributed by atoms with Crippen molar-refractivity contribution in [3.05, 3.63) is 47.4 Å². The number of aromatic nitrogens is 4. The molecule has 0 bridgehead atoms. The topological polar surface area (TPSA) is 52.8 Å². The first-order valence-corrected chi connectivity index (χ1v) is 10.7. The molecule has 0 amide bonds. The highest BCUT2D eigenvalue weighted by molar-refractivity contribution is 8.01. The van der Waals surface area contributed by atoms with Gasteiger partial charge in [-0.2, -0.15) is 0 Å². The summed E-state index contributed by atoms with van der Waals surface area (Å²) < 4.78 is 9.04. The highest BCUT2D eigenvalue weighted by Gasteiger charge is 2.25. The van der Waals surface area contributed by atoms with Crippen LogP contribution < -0.4 is 0 Å². The van der Waals surface area contributed by atoms with Crippen molar-refractivity contribution >= 4 is 23.1 Å². The predicted octanol–water partition coefficient (Wildman–Crippen LogP) is 4.40. The van der Waals surface area contributed by atoms with Crippen LogP contribution in [0.15, 0.2) is 41.0 Å². The van der Waals surface area contributed by atoms with E-state index in [1.165, 1.54) is 11.3 Å². The summed E-state index contributed by atoms with van der Waals surface area (Å²) in [5.74, 6) is 1.47. The molecule has 1 aliphatic heterocycles. The summed E-state index contributed by atoms with van der Waals surface area (Å²) in [6.07, 6.45) is 4.15. The average molecular weight is 387 g/mol. The van der Waals surface area contributed by atoms with Crippen LogP contribution in [-0.2, 0) is 11.3 Å². The molecule has 2 aromatic heterocycles. The van der Waals surface area contributed by atoms with E-state index in [9.17, 15) is 0 Å². The van der Waals surface area contributed by atoms with Gasteiger partial charge in [0, 0.05) is 30.4 Å². The molecular weight excluding hydrogens is 364 g/mol. The van der Waals surface area contributed by atoms with Gasteiger partial charge in [-0.15, -0.1) is 10.2 Å².